The number of carbonyl (C=O) groups is 1. The van der Waals surface area contributed by atoms with Gasteiger partial charge in [-0.05, 0) is 35.4 Å². The lowest BCUT2D eigenvalue weighted by atomic mass is 10.1. The van der Waals surface area contributed by atoms with Crippen molar-refractivity contribution in [2.24, 2.45) is 7.05 Å². The van der Waals surface area contributed by atoms with Crippen molar-refractivity contribution in [3.05, 3.63) is 71.8 Å². The van der Waals surface area contributed by atoms with Crippen molar-refractivity contribution in [1.29, 1.82) is 0 Å². The van der Waals surface area contributed by atoms with Gasteiger partial charge in [-0.2, -0.15) is 5.10 Å². The Hall–Kier alpha value is -3.58. The van der Waals surface area contributed by atoms with Crippen LogP contribution in [0.3, 0.4) is 0 Å². The third-order valence-electron chi connectivity index (χ3n) is 4.95. The van der Waals surface area contributed by atoms with Gasteiger partial charge in [0, 0.05) is 54.6 Å². The predicted molar refractivity (Wildman–Crippen MR) is 107 cm³/mol. The van der Waals surface area contributed by atoms with E-state index in [9.17, 15) is 4.79 Å². The van der Waals surface area contributed by atoms with Crippen LogP contribution in [0.4, 0.5) is 5.82 Å². The number of pyridine rings is 2. The molecular formula is C21H18N6O. The summed E-state index contributed by atoms with van der Waals surface area (Å²) in [6, 6.07) is 9.66. The Kier molecular flexibility index (Phi) is 3.87. The fourth-order valence-electron chi connectivity index (χ4n) is 3.45. The summed E-state index contributed by atoms with van der Waals surface area (Å²) in [5.41, 5.74) is 5.78. The number of amides is 1. The Labute approximate surface area is 161 Å². The molecule has 7 nitrogen and oxygen atoms in total. The number of hydrogen-bond donors (Lipinski definition) is 2. The molecule has 1 aliphatic heterocycles. The predicted octanol–water partition coefficient (Wildman–Crippen LogP) is 2.89. The molecule has 0 bridgehead atoms. The number of anilines is 1. The number of nitrogens with one attached hydrogen (secondary N) is 2. The van der Waals surface area contributed by atoms with Gasteiger partial charge in [-0.25, -0.2) is 4.98 Å². The molecule has 7 heteroatoms. The molecule has 1 aromatic carbocycles. The first-order chi connectivity index (χ1) is 13.7. The summed E-state index contributed by atoms with van der Waals surface area (Å²) in [5.74, 6) is 0.333. The maximum absolute atomic E-state index is 12.6. The molecule has 1 amide bonds. The summed E-state index contributed by atoms with van der Waals surface area (Å²) in [5, 5.41) is 11.3. The molecule has 0 aliphatic carbocycles. The van der Waals surface area contributed by atoms with E-state index in [-0.39, 0.29) is 5.91 Å². The highest BCUT2D eigenvalue weighted by molar-refractivity contribution is 6.04. The quantitative estimate of drug-likeness (QED) is 0.579. The Bertz CT molecular complexity index is 1210. The molecule has 0 atom stereocenters. The maximum Gasteiger partial charge on any atom is 0.256 e. The van der Waals surface area contributed by atoms with E-state index in [4.69, 9.17) is 0 Å². The van der Waals surface area contributed by atoms with Crippen LogP contribution in [0.2, 0.25) is 0 Å². The van der Waals surface area contributed by atoms with E-state index in [1.165, 1.54) is 11.1 Å². The lowest BCUT2D eigenvalue weighted by Crippen LogP contribution is -2.13. The third-order valence-corrected chi connectivity index (χ3v) is 4.95. The fourth-order valence-corrected chi connectivity index (χ4v) is 3.45. The second kappa shape index (κ2) is 6.54. The van der Waals surface area contributed by atoms with E-state index in [0.717, 1.165) is 35.1 Å². The summed E-state index contributed by atoms with van der Waals surface area (Å²) >= 11 is 0. The third kappa shape index (κ3) is 3.01. The number of benzene rings is 1. The van der Waals surface area contributed by atoms with Crippen molar-refractivity contribution in [1.82, 2.24) is 25.1 Å². The minimum Gasteiger partial charge on any atom is -0.309 e. The fraction of sp³-hybridized carbons (Fsp3) is 0.143. The molecule has 0 unspecified atom stereocenters. The average molecular weight is 370 g/mol. The zero-order valence-corrected chi connectivity index (χ0v) is 15.3. The lowest BCUT2D eigenvalue weighted by molar-refractivity contribution is 0.102. The van der Waals surface area contributed by atoms with Crippen LogP contribution in [0.25, 0.3) is 22.0 Å². The van der Waals surface area contributed by atoms with Gasteiger partial charge >= 0.3 is 0 Å². The molecule has 0 saturated carbocycles. The van der Waals surface area contributed by atoms with Crippen molar-refractivity contribution in [3.8, 4) is 11.1 Å². The van der Waals surface area contributed by atoms with Crippen molar-refractivity contribution in [2.75, 3.05) is 5.32 Å². The van der Waals surface area contributed by atoms with Gasteiger partial charge in [0.05, 0.1) is 17.9 Å². The highest BCUT2D eigenvalue weighted by atomic mass is 16.1. The second-order valence-corrected chi connectivity index (χ2v) is 6.93. The molecule has 138 valence electrons. The van der Waals surface area contributed by atoms with E-state index in [0.29, 0.717) is 11.4 Å². The number of rotatable bonds is 3. The summed E-state index contributed by atoms with van der Waals surface area (Å²) in [4.78, 5) is 21.4. The highest BCUT2D eigenvalue weighted by Gasteiger charge is 2.14. The van der Waals surface area contributed by atoms with E-state index in [2.05, 4.69) is 25.7 Å². The molecule has 4 aromatic rings. The summed E-state index contributed by atoms with van der Waals surface area (Å²) in [6.07, 6.45) is 7.22. The molecule has 5 rings (SSSR count). The zero-order chi connectivity index (χ0) is 19.1. The highest BCUT2D eigenvalue weighted by Crippen LogP contribution is 2.24. The van der Waals surface area contributed by atoms with Crippen molar-refractivity contribution < 1.29 is 4.79 Å². The summed E-state index contributed by atoms with van der Waals surface area (Å²) < 4.78 is 1.75. The molecule has 0 fully saturated rings. The Morgan fingerprint density at radius 3 is 2.79 bits per heavy atom. The first-order valence-electron chi connectivity index (χ1n) is 9.04. The molecule has 0 radical (unpaired) electrons. The maximum atomic E-state index is 12.6. The van der Waals surface area contributed by atoms with Crippen LogP contribution >= 0.6 is 0 Å². The van der Waals surface area contributed by atoms with Gasteiger partial charge in [0.15, 0.2) is 0 Å². The van der Waals surface area contributed by atoms with Gasteiger partial charge in [-0.1, -0.05) is 6.07 Å². The van der Waals surface area contributed by atoms with Gasteiger partial charge in [-0.15, -0.1) is 0 Å². The number of nitrogens with zero attached hydrogens (tertiary/aromatic N) is 4. The summed E-state index contributed by atoms with van der Waals surface area (Å²) in [6.45, 7) is 1.66. The van der Waals surface area contributed by atoms with Crippen LogP contribution in [0.5, 0.6) is 0 Å². The Balaban J connectivity index is 1.43. The van der Waals surface area contributed by atoms with Gasteiger partial charge in [0.25, 0.3) is 5.91 Å². The van der Waals surface area contributed by atoms with Gasteiger partial charge in [-0.3, -0.25) is 14.5 Å². The molecular weight excluding hydrogens is 352 g/mol. The lowest BCUT2D eigenvalue weighted by Gasteiger charge is -2.07. The van der Waals surface area contributed by atoms with Crippen LogP contribution in [-0.4, -0.2) is 25.7 Å². The second-order valence-electron chi connectivity index (χ2n) is 6.93. The Morgan fingerprint density at radius 2 is 1.93 bits per heavy atom. The molecule has 4 heterocycles. The van der Waals surface area contributed by atoms with Gasteiger partial charge in [0.2, 0.25) is 0 Å². The normalized spacial score (nSPS) is 12.9. The smallest absolute Gasteiger partial charge is 0.256 e. The zero-order valence-electron chi connectivity index (χ0n) is 15.3. The minimum atomic E-state index is -0.169. The van der Waals surface area contributed by atoms with Crippen molar-refractivity contribution in [3.63, 3.8) is 0 Å². The van der Waals surface area contributed by atoms with Crippen molar-refractivity contribution >= 4 is 22.6 Å². The molecule has 1 aliphatic rings. The number of fused-ring (bicyclic) bond motifs is 2. The molecule has 0 saturated heterocycles. The van der Waals surface area contributed by atoms with Gasteiger partial charge in [0.1, 0.15) is 5.82 Å². The van der Waals surface area contributed by atoms with Crippen LogP contribution in [0.1, 0.15) is 21.5 Å². The number of carbonyl (C=O) groups excluding carboxylic acids is 1. The van der Waals surface area contributed by atoms with Gasteiger partial charge < -0.3 is 10.6 Å². The molecule has 28 heavy (non-hydrogen) atoms. The van der Waals surface area contributed by atoms with Crippen LogP contribution in [0.15, 0.2) is 55.1 Å². The van der Waals surface area contributed by atoms with E-state index >= 15 is 0 Å². The SMILES string of the molecule is Cn1cc(-c2cnc3cnc(NC(=O)c4ccc5c(c4)CNC5)cc3c2)cn1. The minimum absolute atomic E-state index is 0.169. The summed E-state index contributed by atoms with van der Waals surface area (Å²) in [7, 11) is 1.88. The number of aryl methyl sites for hydroxylation is 1. The first kappa shape index (κ1) is 16.6. The topological polar surface area (TPSA) is 84.7 Å². The molecule has 0 spiro atoms. The molecule has 2 N–H and O–H groups in total. The first-order valence-corrected chi connectivity index (χ1v) is 9.04. The van der Waals surface area contributed by atoms with E-state index < -0.39 is 0 Å². The van der Waals surface area contributed by atoms with Crippen LogP contribution in [-0.2, 0) is 20.1 Å². The van der Waals surface area contributed by atoms with Crippen LogP contribution in [0, 0.1) is 0 Å². The van der Waals surface area contributed by atoms with E-state index in [1.54, 1.807) is 23.3 Å². The standard InChI is InChI=1S/C21H18N6O/c1-27-12-18(10-25-27)17-5-15-6-20(24-11-19(15)23-9-17)26-21(28)13-2-3-14-7-22-8-16(14)4-13/h2-6,9-12,22H,7-8H2,1H3,(H,24,26,28). The van der Waals surface area contributed by atoms with Crippen LogP contribution < -0.4 is 10.6 Å². The molecule has 3 aromatic heterocycles. The number of hydrogen-bond acceptors (Lipinski definition) is 5. The van der Waals surface area contributed by atoms with Crippen molar-refractivity contribution in [2.45, 2.75) is 13.1 Å². The average Bonchev–Trinajstić information content (AvgIpc) is 3.35. The largest absolute Gasteiger partial charge is 0.309 e. The van der Waals surface area contributed by atoms with E-state index in [1.807, 2.05) is 43.6 Å². The Morgan fingerprint density at radius 1 is 1.04 bits per heavy atom. The monoisotopic (exact) mass is 370 g/mol. The number of aromatic nitrogens is 4.